The van der Waals surface area contributed by atoms with Crippen LogP contribution in [-0.4, -0.2) is 59.5 Å². The highest BCUT2D eigenvalue weighted by Gasteiger charge is 2.33. The van der Waals surface area contributed by atoms with Crippen LogP contribution in [-0.2, 0) is 16.1 Å². The van der Waals surface area contributed by atoms with Gasteiger partial charge in [0.05, 0.1) is 12.2 Å². The van der Waals surface area contributed by atoms with Crippen molar-refractivity contribution >= 4 is 0 Å². The molecule has 2 aliphatic heterocycles. The van der Waals surface area contributed by atoms with Crippen molar-refractivity contribution < 1.29 is 14.0 Å². The van der Waals surface area contributed by atoms with E-state index in [0.717, 1.165) is 26.2 Å². The van der Waals surface area contributed by atoms with Gasteiger partial charge in [-0.25, -0.2) is 0 Å². The van der Waals surface area contributed by atoms with Crippen LogP contribution in [0.4, 0.5) is 0 Å². The minimum absolute atomic E-state index is 0.107. The van der Waals surface area contributed by atoms with Crippen LogP contribution < -0.4 is 5.32 Å². The Balaban J connectivity index is 1.56. The number of nitrogens with one attached hydrogen (secondary N) is 1. The van der Waals surface area contributed by atoms with Crippen LogP contribution >= 0.6 is 0 Å². The average molecular weight is 296 g/mol. The maximum absolute atomic E-state index is 5.80. The normalized spacial score (nSPS) is 26.0. The molecule has 1 aromatic rings. The topological polar surface area (TPSA) is 72.7 Å². The van der Waals surface area contributed by atoms with Crippen molar-refractivity contribution in [1.29, 1.82) is 0 Å². The second kappa shape index (κ2) is 6.00. The van der Waals surface area contributed by atoms with Crippen molar-refractivity contribution in [3.8, 4) is 0 Å². The van der Waals surface area contributed by atoms with E-state index in [0.29, 0.717) is 31.0 Å². The lowest BCUT2D eigenvalue weighted by atomic mass is 10.0. The van der Waals surface area contributed by atoms with Crippen LogP contribution in [0.1, 0.15) is 38.6 Å². The van der Waals surface area contributed by atoms with Crippen LogP contribution in [0.3, 0.4) is 0 Å². The predicted molar refractivity (Wildman–Crippen MR) is 75.8 cm³/mol. The number of hydrogen-bond acceptors (Lipinski definition) is 7. The van der Waals surface area contributed by atoms with Gasteiger partial charge in [0.25, 0.3) is 5.89 Å². The summed E-state index contributed by atoms with van der Waals surface area (Å²) in [5.41, 5.74) is -0.107. The van der Waals surface area contributed by atoms with E-state index in [-0.39, 0.29) is 11.7 Å². The molecule has 1 unspecified atom stereocenters. The number of hydrogen-bond donors (Lipinski definition) is 1. The SMILES string of the molecule is CC(C)N1CCOC(c2noc(COC3(C)CNC3)n2)C1. The fraction of sp³-hybridized carbons (Fsp3) is 0.857. The van der Waals surface area contributed by atoms with Crippen molar-refractivity contribution in [3.05, 3.63) is 11.7 Å². The highest BCUT2D eigenvalue weighted by atomic mass is 16.5. The van der Waals surface area contributed by atoms with Crippen molar-refractivity contribution in [3.63, 3.8) is 0 Å². The van der Waals surface area contributed by atoms with E-state index in [9.17, 15) is 0 Å². The Morgan fingerprint density at radius 3 is 2.95 bits per heavy atom. The van der Waals surface area contributed by atoms with E-state index >= 15 is 0 Å². The Labute approximate surface area is 125 Å². The van der Waals surface area contributed by atoms with Crippen LogP contribution in [0.5, 0.6) is 0 Å². The first-order chi connectivity index (χ1) is 10.1. The quantitative estimate of drug-likeness (QED) is 0.858. The molecule has 0 spiro atoms. The van der Waals surface area contributed by atoms with Gasteiger partial charge < -0.3 is 19.3 Å². The molecule has 0 aliphatic carbocycles. The zero-order chi connectivity index (χ0) is 14.9. The Morgan fingerprint density at radius 1 is 1.48 bits per heavy atom. The van der Waals surface area contributed by atoms with Crippen LogP contribution in [0, 0.1) is 0 Å². The molecule has 0 bridgehead atoms. The minimum atomic E-state index is -0.111. The molecule has 1 atom stereocenters. The summed E-state index contributed by atoms with van der Waals surface area (Å²) in [5.74, 6) is 1.14. The highest BCUT2D eigenvalue weighted by molar-refractivity contribution is 4.95. The molecule has 2 aliphatic rings. The first-order valence-electron chi connectivity index (χ1n) is 7.58. The maximum atomic E-state index is 5.80. The third kappa shape index (κ3) is 3.42. The molecule has 1 aromatic heterocycles. The van der Waals surface area contributed by atoms with Gasteiger partial charge in [-0.15, -0.1) is 0 Å². The molecule has 0 radical (unpaired) electrons. The average Bonchev–Trinajstić information content (AvgIpc) is 2.92. The summed E-state index contributed by atoms with van der Waals surface area (Å²) in [6.45, 7) is 11.0. The van der Waals surface area contributed by atoms with Gasteiger partial charge in [-0.2, -0.15) is 4.98 Å². The second-order valence-electron chi connectivity index (χ2n) is 6.34. The molecule has 7 nitrogen and oxygen atoms in total. The zero-order valence-electron chi connectivity index (χ0n) is 13.0. The monoisotopic (exact) mass is 296 g/mol. The molecule has 0 saturated carbocycles. The van der Waals surface area contributed by atoms with Crippen molar-refractivity contribution in [2.75, 3.05) is 32.8 Å². The third-order valence-corrected chi connectivity index (χ3v) is 4.14. The molecule has 2 saturated heterocycles. The van der Waals surface area contributed by atoms with Crippen molar-refractivity contribution in [2.45, 2.75) is 45.1 Å². The van der Waals surface area contributed by atoms with E-state index in [1.54, 1.807) is 0 Å². The third-order valence-electron chi connectivity index (χ3n) is 4.14. The molecule has 0 aromatic carbocycles. The standard InChI is InChI=1S/C14H24N4O3/c1-10(2)18-4-5-19-11(6-18)13-16-12(21-17-13)7-20-14(3)8-15-9-14/h10-11,15H,4-9H2,1-3H3. The van der Waals surface area contributed by atoms with Gasteiger partial charge in [-0.3, -0.25) is 4.90 Å². The van der Waals surface area contributed by atoms with Gasteiger partial charge in [0.1, 0.15) is 12.7 Å². The molecule has 3 heterocycles. The molecular weight excluding hydrogens is 272 g/mol. The summed E-state index contributed by atoms with van der Waals surface area (Å²) >= 11 is 0. The number of rotatable bonds is 5. The van der Waals surface area contributed by atoms with E-state index in [1.165, 1.54) is 0 Å². The predicted octanol–water partition coefficient (Wildman–Crippen LogP) is 0.730. The Kier molecular flexibility index (Phi) is 4.26. The van der Waals surface area contributed by atoms with Gasteiger partial charge in [0.2, 0.25) is 5.82 Å². The Morgan fingerprint density at radius 2 is 2.29 bits per heavy atom. The van der Waals surface area contributed by atoms with Gasteiger partial charge >= 0.3 is 0 Å². The molecular formula is C14H24N4O3. The van der Waals surface area contributed by atoms with Gasteiger partial charge in [-0.1, -0.05) is 5.16 Å². The number of morpholine rings is 1. The first kappa shape index (κ1) is 14.9. The van der Waals surface area contributed by atoms with Crippen LogP contribution in [0.15, 0.2) is 4.52 Å². The van der Waals surface area contributed by atoms with E-state index in [2.05, 4.69) is 41.1 Å². The smallest absolute Gasteiger partial charge is 0.252 e. The van der Waals surface area contributed by atoms with Crippen molar-refractivity contribution in [2.24, 2.45) is 0 Å². The number of ether oxygens (including phenoxy) is 2. The summed E-state index contributed by atoms with van der Waals surface area (Å²) in [6, 6.07) is 0.497. The summed E-state index contributed by atoms with van der Waals surface area (Å²) in [6.07, 6.45) is -0.111. The molecule has 3 rings (SSSR count). The van der Waals surface area contributed by atoms with E-state index in [1.807, 2.05) is 0 Å². The first-order valence-corrected chi connectivity index (χ1v) is 7.58. The fourth-order valence-electron chi connectivity index (χ4n) is 2.57. The molecule has 1 N–H and O–H groups in total. The Hall–Kier alpha value is -1.02. The minimum Gasteiger partial charge on any atom is -0.367 e. The summed E-state index contributed by atoms with van der Waals surface area (Å²) in [7, 11) is 0. The summed E-state index contributed by atoms with van der Waals surface area (Å²) < 4.78 is 16.8. The maximum Gasteiger partial charge on any atom is 0.252 e. The fourth-order valence-corrected chi connectivity index (χ4v) is 2.57. The largest absolute Gasteiger partial charge is 0.367 e. The molecule has 2 fully saturated rings. The zero-order valence-corrected chi connectivity index (χ0v) is 13.0. The van der Waals surface area contributed by atoms with Gasteiger partial charge in [-0.05, 0) is 20.8 Å². The van der Waals surface area contributed by atoms with Crippen LogP contribution in [0.2, 0.25) is 0 Å². The summed E-state index contributed by atoms with van der Waals surface area (Å²) in [4.78, 5) is 6.78. The van der Waals surface area contributed by atoms with Crippen molar-refractivity contribution in [1.82, 2.24) is 20.4 Å². The van der Waals surface area contributed by atoms with Crippen LogP contribution in [0.25, 0.3) is 0 Å². The molecule has 0 amide bonds. The molecule has 7 heteroatoms. The van der Waals surface area contributed by atoms with Gasteiger partial charge in [0.15, 0.2) is 0 Å². The Bertz CT molecular complexity index is 473. The highest BCUT2D eigenvalue weighted by Crippen LogP contribution is 2.22. The lowest BCUT2D eigenvalue weighted by Crippen LogP contribution is -2.58. The number of nitrogens with zero attached hydrogens (tertiary/aromatic N) is 3. The molecule has 21 heavy (non-hydrogen) atoms. The number of aromatic nitrogens is 2. The van der Waals surface area contributed by atoms with E-state index in [4.69, 9.17) is 14.0 Å². The lowest BCUT2D eigenvalue weighted by Gasteiger charge is -2.38. The second-order valence-corrected chi connectivity index (χ2v) is 6.34. The lowest BCUT2D eigenvalue weighted by molar-refractivity contribution is -0.0841. The molecule has 118 valence electrons. The van der Waals surface area contributed by atoms with Gasteiger partial charge in [0, 0.05) is 32.2 Å². The summed E-state index contributed by atoms with van der Waals surface area (Å²) in [5, 5.41) is 7.24. The van der Waals surface area contributed by atoms with E-state index < -0.39 is 0 Å².